The fourth-order valence-corrected chi connectivity index (χ4v) is 3.56. The second-order valence-corrected chi connectivity index (χ2v) is 6.37. The van der Waals surface area contributed by atoms with E-state index in [2.05, 4.69) is 5.32 Å². The number of hydrogen-bond donors (Lipinski definition) is 1. The molecule has 0 aliphatic carbocycles. The van der Waals surface area contributed by atoms with E-state index in [9.17, 15) is 19.7 Å². The highest BCUT2D eigenvalue weighted by molar-refractivity contribution is 5.99. The molecule has 0 spiro atoms. The summed E-state index contributed by atoms with van der Waals surface area (Å²) >= 11 is 0. The van der Waals surface area contributed by atoms with E-state index in [1.165, 1.54) is 11.0 Å². The molecular formula is C17H22N4O4. The molecule has 0 bridgehead atoms. The highest BCUT2D eigenvalue weighted by Crippen LogP contribution is 2.32. The summed E-state index contributed by atoms with van der Waals surface area (Å²) in [6.45, 7) is 4.23. The lowest BCUT2D eigenvalue weighted by atomic mass is 10.1. The minimum absolute atomic E-state index is 0.0535. The van der Waals surface area contributed by atoms with E-state index in [0.29, 0.717) is 25.2 Å². The van der Waals surface area contributed by atoms with Gasteiger partial charge in [-0.25, -0.2) is 0 Å². The second-order valence-electron chi connectivity index (χ2n) is 6.37. The molecule has 8 heteroatoms. The Hall–Kier alpha value is -2.64. The molecule has 2 saturated heterocycles. The average Bonchev–Trinajstić information content (AvgIpc) is 3.14. The number of nitrogens with zero attached hydrogens (tertiary/aromatic N) is 3. The lowest BCUT2D eigenvalue weighted by Crippen LogP contribution is -2.56. The summed E-state index contributed by atoms with van der Waals surface area (Å²) in [6, 6.07) is 4.09. The number of nitro benzene ring substituents is 1. The monoisotopic (exact) mass is 346 g/mol. The van der Waals surface area contributed by atoms with Crippen LogP contribution in [0.2, 0.25) is 0 Å². The van der Waals surface area contributed by atoms with Crippen LogP contribution in [0.15, 0.2) is 18.2 Å². The van der Waals surface area contributed by atoms with Crippen molar-refractivity contribution in [2.45, 2.75) is 32.2 Å². The third-order valence-corrected chi connectivity index (χ3v) is 4.84. The van der Waals surface area contributed by atoms with E-state index in [1.54, 1.807) is 12.1 Å². The largest absolute Gasteiger partial charge is 0.366 e. The van der Waals surface area contributed by atoms with E-state index in [0.717, 1.165) is 25.9 Å². The Balaban J connectivity index is 1.91. The number of nitrogens with one attached hydrogen (secondary N) is 1. The average molecular weight is 346 g/mol. The van der Waals surface area contributed by atoms with Crippen molar-refractivity contribution in [1.29, 1.82) is 0 Å². The molecule has 2 amide bonds. The summed E-state index contributed by atoms with van der Waals surface area (Å²) in [7, 11) is 0. The number of carbonyl (C=O) groups excluding carboxylic acids is 2. The molecule has 3 rings (SSSR count). The minimum atomic E-state index is -0.529. The quantitative estimate of drug-likeness (QED) is 0.659. The van der Waals surface area contributed by atoms with Gasteiger partial charge in [0.15, 0.2) is 0 Å². The molecule has 8 nitrogen and oxygen atoms in total. The van der Waals surface area contributed by atoms with Gasteiger partial charge in [0.05, 0.1) is 4.92 Å². The van der Waals surface area contributed by atoms with Gasteiger partial charge in [0.25, 0.3) is 11.6 Å². The van der Waals surface area contributed by atoms with Gasteiger partial charge in [-0.1, -0.05) is 6.92 Å². The van der Waals surface area contributed by atoms with Crippen LogP contribution in [0.25, 0.3) is 0 Å². The maximum Gasteiger partial charge on any atom is 0.293 e. The smallest absolute Gasteiger partial charge is 0.293 e. The van der Waals surface area contributed by atoms with Crippen molar-refractivity contribution in [3.05, 3.63) is 33.9 Å². The first-order chi connectivity index (χ1) is 12.0. The van der Waals surface area contributed by atoms with Crippen LogP contribution in [0, 0.1) is 10.1 Å². The van der Waals surface area contributed by atoms with E-state index in [4.69, 9.17) is 0 Å². The molecule has 134 valence electrons. The number of benzene rings is 1. The summed E-state index contributed by atoms with van der Waals surface area (Å²) in [5.74, 6) is -0.511. The molecule has 0 aromatic heterocycles. The molecule has 2 aliphatic heterocycles. The lowest BCUT2D eigenvalue weighted by Gasteiger charge is -2.34. The van der Waals surface area contributed by atoms with Crippen molar-refractivity contribution in [3.8, 4) is 0 Å². The zero-order valence-electron chi connectivity index (χ0n) is 14.2. The number of anilines is 1. The van der Waals surface area contributed by atoms with Gasteiger partial charge in [-0.15, -0.1) is 0 Å². The molecule has 0 radical (unpaired) electrons. The topological polar surface area (TPSA) is 95.8 Å². The summed E-state index contributed by atoms with van der Waals surface area (Å²) in [6.07, 6.45) is 2.53. The molecule has 1 atom stereocenters. The van der Waals surface area contributed by atoms with Crippen molar-refractivity contribution >= 4 is 23.2 Å². The fourth-order valence-electron chi connectivity index (χ4n) is 3.56. The Kier molecular flexibility index (Phi) is 4.87. The van der Waals surface area contributed by atoms with Crippen molar-refractivity contribution in [2.24, 2.45) is 0 Å². The van der Waals surface area contributed by atoms with Crippen LogP contribution in [0.3, 0.4) is 0 Å². The first-order valence-electron chi connectivity index (χ1n) is 8.65. The first kappa shape index (κ1) is 17.2. The van der Waals surface area contributed by atoms with Crippen LogP contribution in [0.4, 0.5) is 11.4 Å². The number of nitro groups is 1. The zero-order chi connectivity index (χ0) is 18.0. The molecule has 1 unspecified atom stereocenters. The van der Waals surface area contributed by atoms with Crippen LogP contribution >= 0.6 is 0 Å². The Labute approximate surface area is 145 Å². The molecule has 2 aliphatic rings. The molecule has 2 heterocycles. The SMILES string of the molecule is CCC1C(=O)NCCN1C(=O)c1ccc(N2CCCC2)c([N+](=O)[O-])c1. The van der Waals surface area contributed by atoms with Gasteiger partial charge in [0.2, 0.25) is 5.91 Å². The van der Waals surface area contributed by atoms with Crippen molar-refractivity contribution in [2.75, 3.05) is 31.1 Å². The fraction of sp³-hybridized carbons (Fsp3) is 0.529. The van der Waals surface area contributed by atoms with Crippen LogP contribution in [0.5, 0.6) is 0 Å². The van der Waals surface area contributed by atoms with Crippen molar-refractivity contribution in [3.63, 3.8) is 0 Å². The molecule has 0 saturated carbocycles. The van der Waals surface area contributed by atoms with Crippen molar-refractivity contribution in [1.82, 2.24) is 10.2 Å². The predicted molar refractivity (Wildman–Crippen MR) is 92.7 cm³/mol. The van der Waals surface area contributed by atoms with E-state index in [1.807, 2.05) is 11.8 Å². The Morgan fingerprint density at radius 3 is 2.68 bits per heavy atom. The van der Waals surface area contributed by atoms with Gasteiger partial charge in [-0.3, -0.25) is 19.7 Å². The van der Waals surface area contributed by atoms with Crippen LogP contribution in [-0.4, -0.2) is 53.9 Å². The predicted octanol–water partition coefficient (Wildman–Crippen LogP) is 1.55. The number of amides is 2. The van der Waals surface area contributed by atoms with E-state index < -0.39 is 11.0 Å². The molecule has 1 N–H and O–H groups in total. The number of hydrogen-bond acceptors (Lipinski definition) is 5. The standard InChI is InChI=1S/C17H22N4O4/c1-2-13-16(22)18-7-10-20(13)17(23)12-5-6-14(15(11-12)21(24)25)19-8-3-4-9-19/h5-6,11,13H,2-4,7-10H2,1H3,(H,18,22). The molecule has 1 aromatic rings. The van der Waals surface area contributed by atoms with Crippen LogP contribution in [0.1, 0.15) is 36.5 Å². The molecular weight excluding hydrogens is 324 g/mol. The Bertz CT molecular complexity index is 700. The number of rotatable bonds is 4. The summed E-state index contributed by atoms with van der Waals surface area (Å²) in [4.78, 5) is 39.3. The van der Waals surface area contributed by atoms with Crippen LogP contribution in [-0.2, 0) is 4.79 Å². The Morgan fingerprint density at radius 1 is 1.32 bits per heavy atom. The lowest BCUT2D eigenvalue weighted by molar-refractivity contribution is -0.384. The molecule has 1 aromatic carbocycles. The van der Waals surface area contributed by atoms with Gasteiger partial charge in [0, 0.05) is 37.8 Å². The second kappa shape index (κ2) is 7.08. The number of carbonyl (C=O) groups is 2. The zero-order valence-corrected chi connectivity index (χ0v) is 14.2. The molecule has 2 fully saturated rings. The highest BCUT2D eigenvalue weighted by atomic mass is 16.6. The summed E-state index contributed by atoms with van der Waals surface area (Å²) in [5.41, 5.74) is 0.757. The third kappa shape index (κ3) is 3.29. The van der Waals surface area contributed by atoms with Gasteiger partial charge < -0.3 is 15.1 Å². The summed E-state index contributed by atoms with van der Waals surface area (Å²) in [5, 5.41) is 14.2. The van der Waals surface area contributed by atoms with Gasteiger partial charge in [-0.05, 0) is 31.4 Å². The first-order valence-corrected chi connectivity index (χ1v) is 8.65. The van der Waals surface area contributed by atoms with E-state index in [-0.39, 0.29) is 23.1 Å². The van der Waals surface area contributed by atoms with E-state index >= 15 is 0 Å². The molecule has 25 heavy (non-hydrogen) atoms. The summed E-state index contributed by atoms with van der Waals surface area (Å²) < 4.78 is 0. The maximum atomic E-state index is 12.8. The third-order valence-electron chi connectivity index (χ3n) is 4.84. The minimum Gasteiger partial charge on any atom is -0.366 e. The Morgan fingerprint density at radius 2 is 2.04 bits per heavy atom. The van der Waals surface area contributed by atoms with Crippen molar-refractivity contribution < 1.29 is 14.5 Å². The normalized spacial score (nSPS) is 20.5. The van der Waals surface area contributed by atoms with Crippen LogP contribution < -0.4 is 10.2 Å². The highest BCUT2D eigenvalue weighted by Gasteiger charge is 2.33. The van der Waals surface area contributed by atoms with Gasteiger partial charge in [-0.2, -0.15) is 0 Å². The maximum absolute atomic E-state index is 12.8. The number of piperazine rings is 1. The van der Waals surface area contributed by atoms with Gasteiger partial charge >= 0.3 is 0 Å². The van der Waals surface area contributed by atoms with Gasteiger partial charge in [0.1, 0.15) is 11.7 Å².